The van der Waals surface area contributed by atoms with Crippen LogP contribution in [0.2, 0.25) is 0 Å². The van der Waals surface area contributed by atoms with Gasteiger partial charge in [-0.1, -0.05) is 11.8 Å². The van der Waals surface area contributed by atoms with Gasteiger partial charge in [0.15, 0.2) is 0 Å². The molecule has 0 fully saturated rings. The summed E-state index contributed by atoms with van der Waals surface area (Å²) < 4.78 is 4.97. The number of benzene rings is 1. The molecule has 8 heteroatoms. The molecule has 1 amide bonds. The van der Waals surface area contributed by atoms with Crippen molar-refractivity contribution in [1.29, 1.82) is 5.26 Å². The quantitative estimate of drug-likeness (QED) is 0.565. The fourth-order valence-electron chi connectivity index (χ4n) is 2.36. The van der Waals surface area contributed by atoms with E-state index in [2.05, 4.69) is 10.3 Å². The van der Waals surface area contributed by atoms with Crippen molar-refractivity contribution in [3.05, 3.63) is 47.2 Å². The zero-order valence-electron chi connectivity index (χ0n) is 16.3. The highest BCUT2D eigenvalue weighted by molar-refractivity contribution is 8.00. The van der Waals surface area contributed by atoms with Crippen LogP contribution in [0.5, 0.6) is 0 Å². The van der Waals surface area contributed by atoms with E-state index in [-0.39, 0.29) is 29.4 Å². The van der Waals surface area contributed by atoms with E-state index in [1.54, 1.807) is 13.8 Å². The lowest BCUT2D eigenvalue weighted by Gasteiger charge is -2.13. The van der Waals surface area contributed by atoms with Crippen molar-refractivity contribution in [1.82, 2.24) is 4.98 Å². The third-order valence-corrected chi connectivity index (χ3v) is 4.79. The molecule has 0 aliphatic carbocycles. The monoisotopic (exact) mass is 398 g/mol. The number of carbonyl (C=O) groups excluding carboxylic acids is 2. The van der Waals surface area contributed by atoms with Crippen LogP contribution in [-0.4, -0.2) is 43.3 Å². The third-order valence-electron chi connectivity index (χ3n) is 3.80. The van der Waals surface area contributed by atoms with Crippen LogP contribution in [0.15, 0.2) is 35.4 Å². The fourth-order valence-corrected chi connectivity index (χ4v) is 3.16. The minimum Gasteiger partial charge on any atom is -0.462 e. The number of esters is 1. The van der Waals surface area contributed by atoms with Crippen LogP contribution in [0.25, 0.3) is 0 Å². The van der Waals surface area contributed by atoms with E-state index in [0.717, 1.165) is 17.4 Å². The summed E-state index contributed by atoms with van der Waals surface area (Å²) in [6, 6.07) is 11.0. The Morgan fingerprint density at radius 3 is 2.54 bits per heavy atom. The third kappa shape index (κ3) is 5.47. The Hall–Kier alpha value is -3.05. The molecule has 2 aromatic rings. The lowest BCUT2D eigenvalue weighted by Crippen LogP contribution is -2.15. The van der Waals surface area contributed by atoms with Gasteiger partial charge in [0.25, 0.3) is 0 Å². The van der Waals surface area contributed by atoms with Crippen LogP contribution in [-0.2, 0) is 9.53 Å². The summed E-state index contributed by atoms with van der Waals surface area (Å²) >= 11 is 1.15. The summed E-state index contributed by atoms with van der Waals surface area (Å²) in [4.78, 5) is 30.4. The topological polar surface area (TPSA) is 95.3 Å². The first-order chi connectivity index (χ1) is 13.3. The highest BCUT2D eigenvalue weighted by atomic mass is 32.2. The normalized spacial score (nSPS) is 10.1. The Kier molecular flexibility index (Phi) is 7.41. The van der Waals surface area contributed by atoms with Gasteiger partial charge in [-0.05, 0) is 44.2 Å². The molecule has 28 heavy (non-hydrogen) atoms. The minimum absolute atomic E-state index is 0.0926. The number of aromatic nitrogens is 1. The number of ether oxygens (including phenoxy) is 1. The summed E-state index contributed by atoms with van der Waals surface area (Å²) in [5, 5.41) is 12.6. The summed E-state index contributed by atoms with van der Waals surface area (Å²) in [5.41, 5.74) is 2.68. The maximum atomic E-state index is 12.2. The van der Waals surface area contributed by atoms with Gasteiger partial charge in [-0.15, -0.1) is 0 Å². The molecule has 0 saturated heterocycles. The maximum Gasteiger partial charge on any atom is 0.340 e. The van der Waals surface area contributed by atoms with Crippen molar-refractivity contribution in [3.63, 3.8) is 0 Å². The molecule has 0 unspecified atom stereocenters. The molecular formula is C20H22N4O3S. The Labute approximate surface area is 168 Å². The van der Waals surface area contributed by atoms with Crippen LogP contribution in [0.1, 0.15) is 28.5 Å². The van der Waals surface area contributed by atoms with E-state index >= 15 is 0 Å². The molecule has 2 rings (SSSR count). The second kappa shape index (κ2) is 9.76. The first-order valence-electron chi connectivity index (χ1n) is 8.64. The lowest BCUT2D eigenvalue weighted by atomic mass is 10.1. The molecular weight excluding hydrogens is 376 g/mol. The number of rotatable bonds is 7. The molecule has 0 aliphatic heterocycles. The number of nitrogens with one attached hydrogen (secondary N) is 1. The SMILES string of the molecule is CCOC(=O)c1cc(C#N)c(SCC(=O)Nc2ccc(N(C)C)cc2)nc1C. The Morgan fingerprint density at radius 2 is 1.96 bits per heavy atom. The Bertz CT molecular complexity index is 905. The van der Waals surface area contributed by atoms with E-state index in [1.165, 1.54) is 6.07 Å². The molecule has 0 aliphatic rings. The van der Waals surface area contributed by atoms with E-state index < -0.39 is 5.97 Å². The highest BCUT2D eigenvalue weighted by Gasteiger charge is 2.17. The number of hydrogen-bond donors (Lipinski definition) is 1. The van der Waals surface area contributed by atoms with Gasteiger partial charge in [0.2, 0.25) is 5.91 Å². The predicted octanol–water partition coefficient (Wildman–Crippen LogP) is 3.24. The summed E-state index contributed by atoms with van der Waals surface area (Å²) in [5.74, 6) is -0.630. The fraction of sp³-hybridized carbons (Fsp3) is 0.300. The summed E-state index contributed by atoms with van der Waals surface area (Å²) in [7, 11) is 3.89. The number of carbonyl (C=O) groups is 2. The van der Waals surface area contributed by atoms with Crippen LogP contribution in [0.3, 0.4) is 0 Å². The minimum atomic E-state index is -0.514. The second-order valence-electron chi connectivity index (χ2n) is 6.08. The van der Waals surface area contributed by atoms with Gasteiger partial charge in [0.1, 0.15) is 11.1 Å². The standard InChI is InChI=1S/C20H22N4O3S/c1-5-27-20(26)17-10-14(11-21)19(22-13(17)2)28-12-18(25)23-15-6-8-16(9-7-15)24(3)4/h6-10H,5,12H2,1-4H3,(H,23,25). The largest absolute Gasteiger partial charge is 0.462 e. The zero-order valence-corrected chi connectivity index (χ0v) is 17.1. The van der Waals surface area contributed by atoms with Gasteiger partial charge in [-0.3, -0.25) is 4.79 Å². The van der Waals surface area contributed by atoms with Crippen LogP contribution < -0.4 is 10.2 Å². The molecule has 7 nitrogen and oxygen atoms in total. The van der Waals surface area contributed by atoms with Crippen molar-refractivity contribution in [3.8, 4) is 6.07 Å². The van der Waals surface area contributed by atoms with Crippen molar-refractivity contribution in [2.24, 2.45) is 0 Å². The molecule has 1 aromatic heterocycles. The second-order valence-corrected chi connectivity index (χ2v) is 7.05. The lowest BCUT2D eigenvalue weighted by molar-refractivity contribution is -0.113. The summed E-state index contributed by atoms with van der Waals surface area (Å²) in [6.07, 6.45) is 0. The Morgan fingerprint density at radius 1 is 1.29 bits per heavy atom. The number of anilines is 2. The number of nitrogens with zero attached hydrogens (tertiary/aromatic N) is 3. The Balaban J connectivity index is 2.05. The van der Waals surface area contributed by atoms with E-state index in [9.17, 15) is 14.9 Å². The van der Waals surface area contributed by atoms with Crippen molar-refractivity contribution >= 4 is 35.0 Å². The number of nitriles is 1. The summed E-state index contributed by atoms with van der Waals surface area (Å²) in [6.45, 7) is 3.62. The molecule has 0 bridgehead atoms. The van der Waals surface area contributed by atoms with Crippen LogP contribution in [0, 0.1) is 18.3 Å². The first kappa shape index (κ1) is 21.3. The molecule has 146 valence electrons. The van der Waals surface area contributed by atoms with E-state index in [0.29, 0.717) is 16.4 Å². The number of thioether (sulfide) groups is 1. The molecule has 1 N–H and O–H groups in total. The smallest absolute Gasteiger partial charge is 0.340 e. The highest BCUT2D eigenvalue weighted by Crippen LogP contribution is 2.24. The van der Waals surface area contributed by atoms with Gasteiger partial charge in [0, 0.05) is 25.5 Å². The van der Waals surface area contributed by atoms with Gasteiger partial charge in [-0.2, -0.15) is 5.26 Å². The van der Waals surface area contributed by atoms with Crippen LogP contribution >= 0.6 is 11.8 Å². The molecule has 0 saturated carbocycles. The zero-order chi connectivity index (χ0) is 20.7. The van der Waals surface area contributed by atoms with Gasteiger partial charge in [0.05, 0.1) is 29.2 Å². The van der Waals surface area contributed by atoms with E-state index in [1.807, 2.05) is 49.3 Å². The van der Waals surface area contributed by atoms with Gasteiger partial charge >= 0.3 is 5.97 Å². The van der Waals surface area contributed by atoms with Gasteiger partial charge < -0.3 is 15.0 Å². The van der Waals surface area contributed by atoms with Crippen molar-refractivity contribution in [2.75, 3.05) is 36.7 Å². The van der Waals surface area contributed by atoms with E-state index in [4.69, 9.17) is 4.74 Å². The average Bonchev–Trinajstić information content (AvgIpc) is 2.67. The van der Waals surface area contributed by atoms with Gasteiger partial charge in [-0.25, -0.2) is 9.78 Å². The number of hydrogen-bond acceptors (Lipinski definition) is 7. The first-order valence-corrected chi connectivity index (χ1v) is 9.63. The molecule has 1 aromatic carbocycles. The number of amides is 1. The molecule has 1 heterocycles. The number of pyridine rings is 1. The number of aryl methyl sites for hydroxylation is 1. The molecule has 0 atom stereocenters. The molecule has 0 spiro atoms. The van der Waals surface area contributed by atoms with Crippen LogP contribution in [0.4, 0.5) is 11.4 Å². The average molecular weight is 398 g/mol. The van der Waals surface area contributed by atoms with Crippen molar-refractivity contribution in [2.45, 2.75) is 18.9 Å². The predicted molar refractivity (Wildman–Crippen MR) is 110 cm³/mol. The maximum absolute atomic E-state index is 12.2. The molecule has 0 radical (unpaired) electrons. The van der Waals surface area contributed by atoms with Crippen molar-refractivity contribution < 1.29 is 14.3 Å².